The molecule has 1 fully saturated rings. The first-order valence-electron chi connectivity index (χ1n) is 13.1. The molecule has 0 spiro atoms. The van der Waals surface area contributed by atoms with Crippen LogP contribution in [-0.2, 0) is 16.2 Å². The van der Waals surface area contributed by atoms with Gasteiger partial charge in [-0.3, -0.25) is 14.5 Å². The van der Waals surface area contributed by atoms with Gasteiger partial charge in [0.25, 0.3) is 11.7 Å². The van der Waals surface area contributed by atoms with Crippen LogP contribution in [-0.4, -0.2) is 30.3 Å². The van der Waals surface area contributed by atoms with Crippen molar-refractivity contribution in [3.05, 3.63) is 125 Å². The molecular weight excluding hydrogens is 563 g/mol. The van der Waals surface area contributed by atoms with E-state index >= 15 is 0 Å². The minimum atomic E-state index is -4.96. The van der Waals surface area contributed by atoms with Crippen molar-refractivity contribution in [2.75, 3.05) is 12.0 Å². The topological polar surface area (TPSA) is 85.3 Å². The minimum Gasteiger partial charge on any atom is -0.507 e. The van der Waals surface area contributed by atoms with E-state index in [2.05, 4.69) is 4.74 Å². The highest BCUT2D eigenvalue weighted by Crippen LogP contribution is 2.44. The first-order chi connectivity index (χ1) is 20.6. The van der Waals surface area contributed by atoms with Gasteiger partial charge in [-0.05, 0) is 66.1 Å². The van der Waals surface area contributed by atoms with Crippen molar-refractivity contribution < 1.29 is 42.1 Å². The predicted molar refractivity (Wildman–Crippen MR) is 153 cm³/mol. The monoisotopic (exact) mass is 589 g/mol. The number of rotatable bonds is 8. The molecule has 5 rings (SSSR count). The van der Waals surface area contributed by atoms with Crippen molar-refractivity contribution in [1.29, 1.82) is 0 Å². The Kier molecular flexibility index (Phi) is 8.11. The van der Waals surface area contributed by atoms with Crippen LogP contribution in [0.15, 0.2) is 103 Å². The molecule has 0 aliphatic carbocycles. The summed E-state index contributed by atoms with van der Waals surface area (Å²) in [5.41, 5.74) is 2.02. The van der Waals surface area contributed by atoms with Crippen LogP contribution in [0.1, 0.15) is 28.3 Å². The van der Waals surface area contributed by atoms with Crippen LogP contribution in [0.5, 0.6) is 17.2 Å². The molecule has 1 amide bonds. The molecule has 43 heavy (non-hydrogen) atoms. The molecule has 1 N–H and O–H groups in total. The number of methoxy groups -OCH3 is 1. The summed E-state index contributed by atoms with van der Waals surface area (Å²) in [6, 6.07) is 24.5. The van der Waals surface area contributed by atoms with Gasteiger partial charge in [0.2, 0.25) is 0 Å². The quantitative estimate of drug-likeness (QED) is 0.134. The standard InChI is InChI=1S/C33H26F3NO6/c1-20-16-23(14-15-27(20)42-19-21-8-4-3-5-9-21)30(38)28-29(22-10-6-12-25(17-22)41-2)37(32(40)31(28)39)24-11-7-13-26(18-24)43-33(34,35)36/h3-18,29,38H,19H2,1-2H3/b30-28+. The Morgan fingerprint density at radius 1 is 0.884 bits per heavy atom. The molecule has 0 bridgehead atoms. The highest BCUT2D eigenvalue weighted by atomic mass is 19.4. The van der Waals surface area contributed by atoms with Gasteiger partial charge in [0.05, 0.1) is 18.7 Å². The van der Waals surface area contributed by atoms with E-state index in [1.54, 1.807) is 49.4 Å². The summed E-state index contributed by atoms with van der Waals surface area (Å²) in [6.07, 6.45) is -4.96. The van der Waals surface area contributed by atoms with Gasteiger partial charge in [0.15, 0.2) is 0 Å². The fourth-order valence-electron chi connectivity index (χ4n) is 4.91. The average molecular weight is 590 g/mol. The van der Waals surface area contributed by atoms with Gasteiger partial charge in [-0.1, -0.05) is 48.5 Å². The Hall–Kier alpha value is -5.25. The van der Waals surface area contributed by atoms with E-state index in [0.29, 0.717) is 29.2 Å². The molecule has 10 heteroatoms. The SMILES string of the molecule is COc1cccc(C2/C(=C(\O)c3ccc(OCc4ccccc4)c(C)c3)C(=O)C(=O)N2c2cccc(OC(F)(F)F)c2)c1. The number of halogens is 3. The third kappa shape index (κ3) is 6.33. The number of aliphatic hydroxyl groups is 1. The Balaban J connectivity index is 1.57. The number of aryl methyl sites for hydroxylation is 1. The lowest BCUT2D eigenvalue weighted by Gasteiger charge is -2.26. The molecular formula is C33H26F3NO6. The molecule has 7 nitrogen and oxygen atoms in total. The van der Waals surface area contributed by atoms with E-state index in [9.17, 15) is 27.9 Å². The lowest BCUT2D eigenvalue weighted by Crippen LogP contribution is -2.29. The molecule has 0 radical (unpaired) electrons. The Morgan fingerprint density at radius 2 is 1.60 bits per heavy atom. The highest BCUT2D eigenvalue weighted by Gasteiger charge is 2.47. The number of aliphatic hydroxyl groups excluding tert-OH is 1. The maximum absolute atomic E-state index is 13.5. The number of carbonyl (C=O) groups is 2. The molecule has 4 aromatic rings. The number of carbonyl (C=O) groups excluding carboxylic acids is 2. The number of nitrogens with zero attached hydrogens (tertiary/aromatic N) is 1. The van der Waals surface area contributed by atoms with E-state index in [-0.39, 0.29) is 16.8 Å². The number of benzene rings is 4. The van der Waals surface area contributed by atoms with Gasteiger partial charge < -0.3 is 19.3 Å². The number of amides is 1. The van der Waals surface area contributed by atoms with Crippen LogP contribution >= 0.6 is 0 Å². The van der Waals surface area contributed by atoms with Crippen LogP contribution in [0.25, 0.3) is 5.76 Å². The smallest absolute Gasteiger partial charge is 0.507 e. The van der Waals surface area contributed by atoms with Gasteiger partial charge >= 0.3 is 6.36 Å². The fraction of sp³-hybridized carbons (Fsp3) is 0.152. The third-order valence-electron chi connectivity index (χ3n) is 6.87. The second-order valence-electron chi connectivity index (χ2n) is 9.75. The average Bonchev–Trinajstić information content (AvgIpc) is 3.25. The maximum atomic E-state index is 13.5. The van der Waals surface area contributed by atoms with Crippen LogP contribution in [0.4, 0.5) is 18.9 Å². The number of hydrogen-bond donors (Lipinski definition) is 1. The summed E-state index contributed by atoms with van der Waals surface area (Å²) in [5, 5.41) is 11.5. The zero-order valence-corrected chi connectivity index (χ0v) is 23.1. The molecule has 1 aliphatic rings. The molecule has 220 valence electrons. The Bertz CT molecular complexity index is 1700. The lowest BCUT2D eigenvalue weighted by molar-refractivity contribution is -0.274. The van der Waals surface area contributed by atoms with Crippen molar-refractivity contribution in [3.8, 4) is 17.2 Å². The molecule has 1 heterocycles. The molecule has 4 aromatic carbocycles. The van der Waals surface area contributed by atoms with E-state index in [1.807, 2.05) is 30.3 Å². The van der Waals surface area contributed by atoms with E-state index in [1.165, 1.54) is 19.2 Å². The van der Waals surface area contributed by atoms with Crippen molar-refractivity contribution in [1.82, 2.24) is 0 Å². The van der Waals surface area contributed by atoms with Gasteiger partial charge in [-0.2, -0.15) is 0 Å². The predicted octanol–water partition coefficient (Wildman–Crippen LogP) is 7.11. The van der Waals surface area contributed by atoms with Crippen LogP contribution < -0.4 is 19.1 Å². The normalized spacial score (nSPS) is 16.3. The van der Waals surface area contributed by atoms with Gasteiger partial charge in [-0.25, -0.2) is 0 Å². The maximum Gasteiger partial charge on any atom is 0.573 e. The van der Waals surface area contributed by atoms with Crippen LogP contribution in [0, 0.1) is 6.92 Å². The van der Waals surface area contributed by atoms with E-state index < -0.39 is 35.6 Å². The first-order valence-corrected chi connectivity index (χ1v) is 13.1. The molecule has 0 aromatic heterocycles. The van der Waals surface area contributed by atoms with Gasteiger partial charge in [0.1, 0.15) is 29.6 Å². The second-order valence-corrected chi connectivity index (χ2v) is 9.75. The summed E-state index contributed by atoms with van der Waals surface area (Å²) < 4.78 is 54.1. The van der Waals surface area contributed by atoms with Crippen molar-refractivity contribution in [3.63, 3.8) is 0 Å². The number of ketones is 1. The summed E-state index contributed by atoms with van der Waals surface area (Å²) in [4.78, 5) is 28.0. The third-order valence-corrected chi connectivity index (χ3v) is 6.87. The summed E-state index contributed by atoms with van der Waals surface area (Å²) in [7, 11) is 1.44. The minimum absolute atomic E-state index is 0.0310. The lowest BCUT2D eigenvalue weighted by atomic mass is 9.94. The van der Waals surface area contributed by atoms with Gasteiger partial charge in [-0.15, -0.1) is 13.2 Å². The number of hydrogen-bond acceptors (Lipinski definition) is 6. The molecule has 1 atom stereocenters. The van der Waals surface area contributed by atoms with Crippen molar-refractivity contribution in [2.24, 2.45) is 0 Å². The fourth-order valence-corrected chi connectivity index (χ4v) is 4.91. The van der Waals surface area contributed by atoms with Crippen LogP contribution in [0.3, 0.4) is 0 Å². The molecule has 1 saturated heterocycles. The van der Waals surface area contributed by atoms with Gasteiger partial charge in [0, 0.05) is 17.3 Å². The van der Waals surface area contributed by atoms with Crippen LogP contribution in [0.2, 0.25) is 0 Å². The summed E-state index contributed by atoms with van der Waals surface area (Å²) in [5.74, 6) is -2.08. The highest BCUT2D eigenvalue weighted by molar-refractivity contribution is 6.51. The zero-order valence-electron chi connectivity index (χ0n) is 23.1. The second kappa shape index (κ2) is 11.9. The Morgan fingerprint density at radius 3 is 2.30 bits per heavy atom. The summed E-state index contributed by atoms with van der Waals surface area (Å²) in [6.45, 7) is 2.10. The number of Topliss-reactive ketones (excluding diaryl/α,β-unsaturated/α-hetero) is 1. The molecule has 1 aliphatic heterocycles. The zero-order chi connectivity index (χ0) is 30.7. The van der Waals surface area contributed by atoms with E-state index in [4.69, 9.17) is 9.47 Å². The number of alkyl halides is 3. The van der Waals surface area contributed by atoms with Crippen molar-refractivity contribution >= 4 is 23.1 Å². The Labute approximate surface area is 245 Å². The van der Waals surface area contributed by atoms with E-state index in [0.717, 1.165) is 22.6 Å². The summed E-state index contributed by atoms with van der Waals surface area (Å²) >= 11 is 0. The molecule has 1 unspecified atom stereocenters. The number of ether oxygens (including phenoxy) is 3. The molecule has 0 saturated carbocycles. The largest absolute Gasteiger partial charge is 0.573 e. The first kappa shape index (κ1) is 29.2. The number of anilines is 1. The van der Waals surface area contributed by atoms with Crippen molar-refractivity contribution in [2.45, 2.75) is 25.9 Å².